The van der Waals surface area contributed by atoms with Gasteiger partial charge in [-0.1, -0.05) is 35.3 Å². The Morgan fingerprint density at radius 3 is 2.46 bits per heavy atom. The van der Waals surface area contributed by atoms with Gasteiger partial charge in [-0.25, -0.2) is 0 Å². The molecule has 1 amide bonds. The molecule has 1 N–H and O–H groups in total. The van der Waals surface area contributed by atoms with Crippen LogP contribution in [0, 0.1) is 0 Å². The van der Waals surface area contributed by atoms with Gasteiger partial charge in [0.15, 0.2) is 0 Å². The van der Waals surface area contributed by atoms with Crippen molar-refractivity contribution >= 4 is 29.1 Å². The highest BCUT2D eigenvalue weighted by Gasteiger charge is 2.31. The van der Waals surface area contributed by atoms with Crippen molar-refractivity contribution in [2.45, 2.75) is 18.7 Å². The molecule has 1 unspecified atom stereocenters. The van der Waals surface area contributed by atoms with E-state index in [1.54, 1.807) is 18.2 Å². The van der Waals surface area contributed by atoms with Gasteiger partial charge in [0.25, 0.3) is 5.91 Å². The second-order valence-corrected chi connectivity index (χ2v) is 6.69. The number of nitrogens with zero attached hydrogens (tertiary/aromatic N) is 1. The molecule has 0 saturated carbocycles. The minimum atomic E-state index is -4.53. The molecule has 140 valence electrons. The van der Waals surface area contributed by atoms with Crippen molar-refractivity contribution in [3.8, 4) is 0 Å². The van der Waals surface area contributed by atoms with E-state index in [4.69, 9.17) is 23.2 Å². The largest absolute Gasteiger partial charge is 0.416 e. The number of rotatable bonds is 5. The van der Waals surface area contributed by atoms with Crippen LogP contribution < -0.4 is 0 Å². The third kappa shape index (κ3) is 5.37. The van der Waals surface area contributed by atoms with E-state index in [-0.39, 0.29) is 18.5 Å². The number of hydrogen-bond acceptors (Lipinski definition) is 2. The summed E-state index contributed by atoms with van der Waals surface area (Å²) in [6.07, 6.45) is -5.22. The molecule has 0 aromatic heterocycles. The molecular weight excluding hydrogens is 390 g/mol. The highest BCUT2D eigenvalue weighted by Crippen LogP contribution is 2.29. The molecule has 0 fully saturated rings. The smallest absolute Gasteiger partial charge is 0.391 e. The van der Waals surface area contributed by atoms with Gasteiger partial charge in [-0.15, -0.1) is 0 Å². The van der Waals surface area contributed by atoms with Crippen LogP contribution in [0.15, 0.2) is 42.5 Å². The van der Waals surface area contributed by atoms with Gasteiger partial charge in [0.2, 0.25) is 0 Å². The summed E-state index contributed by atoms with van der Waals surface area (Å²) in [5.74, 6) is -0.607. The number of hydrogen-bond donors (Lipinski definition) is 1. The van der Waals surface area contributed by atoms with Gasteiger partial charge in [0.05, 0.1) is 21.7 Å². The Morgan fingerprint density at radius 2 is 1.85 bits per heavy atom. The van der Waals surface area contributed by atoms with Crippen LogP contribution >= 0.6 is 23.2 Å². The summed E-state index contributed by atoms with van der Waals surface area (Å²) < 4.78 is 38.3. The maximum absolute atomic E-state index is 12.8. The second-order valence-electron chi connectivity index (χ2n) is 5.87. The first kappa shape index (κ1) is 20.6. The number of carbonyl (C=O) groups is 1. The topological polar surface area (TPSA) is 40.5 Å². The van der Waals surface area contributed by atoms with Gasteiger partial charge in [0, 0.05) is 25.6 Å². The Hall–Kier alpha value is -1.76. The standard InChI is InChI=1S/C18H16Cl2F3NO2/c1-24(10-14(25)7-11-5-6-15(19)16(20)8-11)17(26)12-3-2-4-13(9-12)18(21,22)23/h2-6,8-9,14,25H,7,10H2,1H3. The fraction of sp³-hybridized carbons (Fsp3) is 0.278. The number of carbonyl (C=O) groups excluding carboxylic acids is 1. The van der Waals surface area contributed by atoms with Gasteiger partial charge in [0.1, 0.15) is 0 Å². The summed E-state index contributed by atoms with van der Waals surface area (Å²) in [5, 5.41) is 10.9. The third-order valence-electron chi connectivity index (χ3n) is 3.72. The SMILES string of the molecule is CN(CC(O)Cc1ccc(Cl)c(Cl)c1)C(=O)c1cccc(C(F)(F)F)c1. The van der Waals surface area contributed by atoms with Gasteiger partial charge in [-0.2, -0.15) is 13.2 Å². The third-order valence-corrected chi connectivity index (χ3v) is 4.46. The van der Waals surface area contributed by atoms with Crippen LogP contribution in [-0.2, 0) is 12.6 Å². The minimum Gasteiger partial charge on any atom is -0.391 e. The van der Waals surface area contributed by atoms with E-state index in [0.29, 0.717) is 10.0 Å². The van der Waals surface area contributed by atoms with E-state index in [1.807, 2.05) is 0 Å². The number of benzene rings is 2. The normalized spacial score (nSPS) is 12.7. The van der Waals surface area contributed by atoms with E-state index >= 15 is 0 Å². The lowest BCUT2D eigenvalue weighted by Crippen LogP contribution is -2.35. The number of aliphatic hydroxyl groups is 1. The molecule has 2 aromatic carbocycles. The maximum Gasteiger partial charge on any atom is 0.416 e. The van der Waals surface area contributed by atoms with Gasteiger partial charge in [-0.3, -0.25) is 4.79 Å². The second kappa shape index (κ2) is 8.29. The van der Waals surface area contributed by atoms with Crippen molar-refractivity contribution in [2.24, 2.45) is 0 Å². The number of halogens is 5. The molecule has 0 heterocycles. The summed E-state index contributed by atoms with van der Waals surface area (Å²) in [6, 6.07) is 9.09. The Labute approximate surface area is 158 Å². The molecule has 0 saturated heterocycles. The van der Waals surface area contributed by atoms with Crippen molar-refractivity contribution in [3.05, 3.63) is 69.2 Å². The summed E-state index contributed by atoms with van der Waals surface area (Å²) in [6.45, 7) is -0.0463. The molecule has 2 aromatic rings. The number of likely N-dealkylation sites (N-methyl/N-ethyl adjacent to an activating group) is 1. The van der Waals surface area contributed by atoms with Crippen molar-refractivity contribution in [1.82, 2.24) is 4.90 Å². The first-order valence-corrected chi connectivity index (χ1v) is 8.38. The van der Waals surface area contributed by atoms with Crippen molar-refractivity contribution in [3.63, 3.8) is 0 Å². The van der Waals surface area contributed by atoms with Gasteiger partial charge in [-0.05, 0) is 35.9 Å². The molecule has 0 radical (unpaired) electrons. The molecule has 0 spiro atoms. The molecule has 0 bridgehead atoms. The van der Waals surface area contributed by atoms with Crippen LogP contribution in [0.4, 0.5) is 13.2 Å². The predicted octanol–water partition coefficient (Wildman–Crippen LogP) is 4.69. The van der Waals surface area contributed by atoms with Gasteiger partial charge < -0.3 is 10.0 Å². The highest BCUT2D eigenvalue weighted by atomic mass is 35.5. The summed E-state index contributed by atoms with van der Waals surface area (Å²) in [7, 11) is 1.42. The molecule has 0 aliphatic heterocycles. The number of alkyl halides is 3. The average molecular weight is 406 g/mol. The van der Waals surface area contributed by atoms with Crippen LogP contribution in [0.25, 0.3) is 0 Å². The van der Waals surface area contributed by atoms with Crippen molar-refractivity contribution < 1.29 is 23.1 Å². The van der Waals surface area contributed by atoms with E-state index in [9.17, 15) is 23.1 Å². The molecule has 0 aliphatic rings. The van der Waals surface area contributed by atoms with E-state index in [0.717, 1.165) is 17.7 Å². The van der Waals surface area contributed by atoms with Crippen LogP contribution in [0.3, 0.4) is 0 Å². The molecule has 2 rings (SSSR count). The van der Waals surface area contributed by atoms with Crippen molar-refractivity contribution in [1.29, 1.82) is 0 Å². The zero-order chi connectivity index (χ0) is 19.5. The lowest BCUT2D eigenvalue weighted by atomic mass is 10.1. The molecule has 0 aliphatic carbocycles. The minimum absolute atomic E-state index is 0.0463. The van der Waals surface area contributed by atoms with E-state index in [1.165, 1.54) is 24.1 Å². The lowest BCUT2D eigenvalue weighted by molar-refractivity contribution is -0.137. The monoisotopic (exact) mass is 405 g/mol. The Morgan fingerprint density at radius 1 is 1.15 bits per heavy atom. The van der Waals surface area contributed by atoms with Crippen molar-refractivity contribution in [2.75, 3.05) is 13.6 Å². The number of aliphatic hydroxyl groups excluding tert-OH is 1. The number of amides is 1. The van der Waals surface area contributed by atoms with Crippen LogP contribution in [0.1, 0.15) is 21.5 Å². The summed E-state index contributed by atoms with van der Waals surface area (Å²) >= 11 is 11.7. The van der Waals surface area contributed by atoms with E-state index in [2.05, 4.69) is 0 Å². The van der Waals surface area contributed by atoms with Gasteiger partial charge >= 0.3 is 6.18 Å². The summed E-state index contributed by atoms with van der Waals surface area (Å²) in [5.41, 5.74) is -0.260. The van der Waals surface area contributed by atoms with E-state index < -0.39 is 23.8 Å². The molecule has 26 heavy (non-hydrogen) atoms. The van der Waals surface area contributed by atoms with Crippen LogP contribution in [0.2, 0.25) is 10.0 Å². The molecular formula is C18H16Cl2F3NO2. The fourth-order valence-electron chi connectivity index (χ4n) is 2.45. The lowest BCUT2D eigenvalue weighted by Gasteiger charge is -2.21. The Bertz CT molecular complexity index is 796. The highest BCUT2D eigenvalue weighted by molar-refractivity contribution is 6.42. The van der Waals surface area contributed by atoms with Crippen LogP contribution in [-0.4, -0.2) is 35.6 Å². The first-order chi connectivity index (χ1) is 12.1. The summed E-state index contributed by atoms with van der Waals surface area (Å²) in [4.78, 5) is 13.5. The molecule has 8 heteroatoms. The average Bonchev–Trinajstić information content (AvgIpc) is 2.56. The first-order valence-electron chi connectivity index (χ1n) is 7.62. The molecule has 3 nitrogen and oxygen atoms in total. The Kier molecular flexibility index (Phi) is 6.55. The quantitative estimate of drug-likeness (QED) is 0.783. The van der Waals surface area contributed by atoms with Crippen LogP contribution in [0.5, 0.6) is 0 Å². The Balaban J connectivity index is 2.03. The fourth-order valence-corrected chi connectivity index (χ4v) is 2.77. The molecule has 1 atom stereocenters. The predicted molar refractivity (Wildman–Crippen MR) is 94.6 cm³/mol. The zero-order valence-electron chi connectivity index (χ0n) is 13.7. The zero-order valence-corrected chi connectivity index (χ0v) is 15.2. The maximum atomic E-state index is 12.8.